The van der Waals surface area contributed by atoms with Crippen molar-refractivity contribution in [3.8, 4) is 17.1 Å². The molecule has 2 aromatic carbocycles. The Morgan fingerprint density at radius 1 is 1.06 bits per heavy atom. The topological polar surface area (TPSA) is 94.8 Å². The molecule has 1 N–H and O–H groups in total. The van der Waals surface area contributed by atoms with Gasteiger partial charge in [0.15, 0.2) is 5.76 Å². The highest BCUT2D eigenvalue weighted by Crippen LogP contribution is 2.38. The van der Waals surface area contributed by atoms with Crippen LogP contribution in [0.3, 0.4) is 0 Å². The van der Waals surface area contributed by atoms with E-state index in [1.807, 2.05) is 0 Å². The van der Waals surface area contributed by atoms with E-state index < -0.39 is 33.6 Å². The smallest absolute Gasteiger partial charge is 0.460 e. The van der Waals surface area contributed by atoms with Gasteiger partial charge < -0.3 is 13.3 Å². The standard InChI is InChI=1S/C20H14Cl2F3NO6S/c1-11(14-4-2-3-5-15(14)21)31-19(27)26-17-16(22)10-30-18(17)12-6-8-13(9-7-12)32-33(28,29)20(23,24)25/h2-11H,1H3,(H,26,27). The van der Waals surface area contributed by atoms with Crippen LogP contribution in [0.5, 0.6) is 5.75 Å². The van der Waals surface area contributed by atoms with Gasteiger partial charge in [-0.2, -0.15) is 21.6 Å². The van der Waals surface area contributed by atoms with Gasteiger partial charge >= 0.3 is 21.7 Å². The van der Waals surface area contributed by atoms with Crippen molar-refractivity contribution in [2.45, 2.75) is 18.5 Å². The van der Waals surface area contributed by atoms with Crippen molar-refractivity contribution >= 4 is 45.1 Å². The van der Waals surface area contributed by atoms with Crippen LogP contribution in [0.2, 0.25) is 10.0 Å². The number of alkyl halides is 3. The van der Waals surface area contributed by atoms with Crippen LogP contribution < -0.4 is 9.50 Å². The number of nitrogens with one attached hydrogen (secondary N) is 1. The molecule has 1 unspecified atom stereocenters. The van der Waals surface area contributed by atoms with Gasteiger partial charge in [-0.3, -0.25) is 5.32 Å². The van der Waals surface area contributed by atoms with Crippen LogP contribution in [0.4, 0.5) is 23.7 Å². The van der Waals surface area contributed by atoms with E-state index in [0.29, 0.717) is 10.6 Å². The van der Waals surface area contributed by atoms with Gasteiger partial charge in [-0.1, -0.05) is 41.4 Å². The van der Waals surface area contributed by atoms with Gasteiger partial charge in [-0.25, -0.2) is 4.79 Å². The molecule has 176 valence electrons. The van der Waals surface area contributed by atoms with Crippen LogP contribution in [0.15, 0.2) is 59.2 Å². The number of carbonyl (C=O) groups is 1. The number of hydrogen-bond acceptors (Lipinski definition) is 6. The maximum atomic E-state index is 12.5. The molecule has 0 radical (unpaired) electrons. The molecule has 0 aliphatic carbocycles. The molecule has 0 saturated carbocycles. The van der Waals surface area contributed by atoms with Crippen molar-refractivity contribution < 1.29 is 39.7 Å². The number of hydrogen-bond donors (Lipinski definition) is 1. The fraction of sp³-hybridized carbons (Fsp3) is 0.150. The third-order valence-electron chi connectivity index (χ3n) is 4.21. The maximum absolute atomic E-state index is 12.5. The number of amides is 1. The highest BCUT2D eigenvalue weighted by molar-refractivity contribution is 7.88. The van der Waals surface area contributed by atoms with Crippen LogP contribution in [0, 0.1) is 0 Å². The maximum Gasteiger partial charge on any atom is 0.534 e. The molecular weight excluding hydrogens is 510 g/mol. The predicted octanol–water partition coefficient (Wildman–Crippen LogP) is 6.79. The Balaban J connectivity index is 1.76. The molecule has 1 aromatic heterocycles. The summed E-state index contributed by atoms with van der Waals surface area (Å²) in [5.74, 6) is -0.524. The Kier molecular flexibility index (Phi) is 7.15. The van der Waals surface area contributed by atoms with E-state index in [9.17, 15) is 26.4 Å². The highest BCUT2D eigenvalue weighted by Gasteiger charge is 2.48. The van der Waals surface area contributed by atoms with Crippen LogP contribution in [-0.4, -0.2) is 20.0 Å². The van der Waals surface area contributed by atoms with Crippen molar-refractivity contribution in [1.82, 2.24) is 0 Å². The molecule has 1 amide bonds. The molecule has 0 spiro atoms. The van der Waals surface area contributed by atoms with Crippen molar-refractivity contribution in [2.24, 2.45) is 0 Å². The molecular formula is C20H14Cl2F3NO6S. The molecule has 13 heteroatoms. The highest BCUT2D eigenvalue weighted by atomic mass is 35.5. The first-order chi connectivity index (χ1) is 15.4. The fourth-order valence-electron chi connectivity index (χ4n) is 2.66. The first-order valence-electron chi connectivity index (χ1n) is 8.99. The summed E-state index contributed by atoms with van der Waals surface area (Å²) in [5, 5.41) is 2.88. The molecule has 0 aliphatic heterocycles. The van der Waals surface area contributed by atoms with E-state index in [1.54, 1.807) is 31.2 Å². The second-order valence-electron chi connectivity index (χ2n) is 6.49. The summed E-state index contributed by atoms with van der Waals surface area (Å²) in [6, 6.07) is 11.2. The molecule has 1 heterocycles. The number of anilines is 1. The van der Waals surface area contributed by atoms with Crippen LogP contribution in [0.25, 0.3) is 11.3 Å². The summed E-state index contributed by atoms with van der Waals surface area (Å²) in [6.07, 6.45) is -0.439. The molecule has 7 nitrogen and oxygen atoms in total. The Labute approximate surface area is 196 Å². The Morgan fingerprint density at radius 3 is 2.30 bits per heavy atom. The van der Waals surface area contributed by atoms with Crippen LogP contribution in [0.1, 0.15) is 18.6 Å². The number of furan rings is 1. The average Bonchev–Trinajstić information content (AvgIpc) is 3.08. The second-order valence-corrected chi connectivity index (χ2v) is 8.84. The molecule has 3 rings (SSSR count). The van der Waals surface area contributed by atoms with Crippen molar-refractivity contribution in [3.05, 3.63) is 70.4 Å². The zero-order valence-electron chi connectivity index (χ0n) is 16.5. The second kappa shape index (κ2) is 9.54. The number of rotatable bonds is 6. The Bertz CT molecular complexity index is 1260. The molecule has 33 heavy (non-hydrogen) atoms. The molecule has 1 atom stereocenters. The Hall–Kier alpha value is -2.89. The minimum absolute atomic E-state index is 0.0207. The SMILES string of the molecule is CC(OC(=O)Nc1c(Cl)coc1-c1ccc(OS(=O)(=O)C(F)(F)F)cc1)c1ccccc1Cl. The van der Waals surface area contributed by atoms with Gasteiger partial charge in [0.1, 0.15) is 28.8 Å². The quantitative estimate of drug-likeness (QED) is 0.282. The van der Waals surface area contributed by atoms with E-state index in [2.05, 4.69) is 9.50 Å². The minimum Gasteiger partial charge on any atom is -0.460 e. The lowest BCUT2D eigenvalue weighted by Crippen LogP contribution is -2.28. The molecule has 0 bridgehead atoms. The van der Waals surface area contributed by atoms with Crippen molar-refractivity contribution in [2.75, 3.05) is 5.32 Å². The normalized spacial score (nSPS) is 12.8. The zero-order valence-corrected chi connectivity index (χ0v) is 18.8. The number of ether oxygens (including phenoxy) is 1. The number of halogens is 5. The first kappa shape index (κ1) is 24.7. The van der Waals surface area contributed by atoms with Crippen molar-refractivity contribution in [1.29, 1.82) is 0 Å². The molecule has 0 saturated heterocycles. The van der Waals surface area contributed by atoms with Gasteiger partial charge in [-0.05, 0) is 37.3 Å². The average molecular weight is 524 g/mol. The predicted molar refractivity (Wildman–Crippen MR) is 115 cm³/mol. The summed E-state index contributed by atoms with van der Waals surface area (Å²) >= 11 is 12.2. The fourth-order valence-corrected chi connectivity index (χ4v) is 3.59. The summed E-state index contributed by atoms with van der Waals surface area (Å²) < 4.78 is 74.3. The van der Waals surface area contributed by atoms with Gasteiger partial charge in [0.25, 0.3) is 0 Å². The first-order valence-corrected chi connectivity index (χ1v) is 11.2. The Morgan fingerprint density at radius 2 is 1.70 bits per heavy atom. The third kappa shape index (κ3) is 5.73. The summed E-state index contributed by atoms with van der Waals surface area (Å²) in [5.41, 5.74) is -4.70. The molecule has 3 aromatic rings. The van der Waals surface area contributed by atoms with E-state index in [4.69, 9.17) is 32.4 Å². The van der Waals surface area contributed by atoms with E-state index in [0.717, 1.165) is 18.4 Å². The van der Waals surface area contributed by atoms with Gasteiger partial charge in [0.05, 0.1) is 0 Å². The lowest BCUT2D eigenvalue weighted by atomic mass is 10.1. The zero-order chi connectivity index (χ0) is 24.4. The molecule has 0 fully saturated rings. The van der Waals surface area contributed by atoms with Gasteiger partial charge in [0.2, 0.25) is 0 Å². The van der Waals surface area contributed by atoms with Crippen LogP contribution >= 0.6 is 23.2 Å². The van der Waals surface area contributed by atoms with Crippen LogP contribution in [-0.2, 0) is 14.9 Å². The number of benzene rings is 2. The van der Waals surface area contributed by atoms with Gasteiger partial charge in [0, 0.05) is 16.1 Å². The summed E-state index contributed by atoms with van der Waals surface area (Å²) in [6.45, 7) is 1.62. The largest absolute Gasteiger partial charge is 0.534 e. The lowest BCUT2D eigenvalue weighted by Gasteiger charge is -2.15. The van der Waals surface area contributed by atoms with Gasteiger partial charge in [-0.15, -0.1) is 0 Å². The number of carbonyl (C=O) groups excluding carboxylic acids is 1. The lowest BCUT2D eigenvalue weighted by molar-refractivity contribution is -0.0500. The summed E-state index contributed by atoms with van der Waals surface area (Å²) in [4.78, 5) is 12.4. The van der Waals surface area contributed by atoms with E-state index in [-0.39, 0.29) is 22.0 Å². The molecule has 0 aliphatic rings. The monoisotopic (exact) mass is 523 g/mol. The van der Waals surface area contributed by atoms with E-state index in [1.165, 1.54) is 12.1 Å². The van der Waals surface area contributed by atoms with Crippen molar-refractivity contribution in [3.63, 3.8) is 0 Å². The van der Waals surface area contributed by atoms with E-state index >= 15 is 0 Å². The minimum atomic E-state index is -5.81. The third-order valence-corrected chi connectivity index (χ3v) is 5.81. The summed E-state index contributed by atoms with van der Waals surface area (Å²) in [7, 11) is -5.81.